The molecule has 1 aromatic heterocycles. The second-order valence-corrected chi connectivity index (χ2v) is 4.13. The van der Waals surface area contributed by atoms with Crippen molar-refractivity contribution in [2.24, 2.45) is 5.92 Å². The minimum Gasteiger partial charge on any atom is -0.367 e. The Labute approximate surface area is 95.2 Å². The summed E-state index contributed by atoms with van der Waals surface area (Å²) in [6, 6.07) is 0.202. The minimum atomic E-state index is -0.0644. The number of carbonyl (C=O) groups is 1. The smallest absolute Gasteiger partial charge is 0.242 e. The molecule has 6 heteroatoms. The molecule has 16 heavy (non-hydrogen) atoms. The van der Waals surface area contributed by atoms with Crippen LogP contribution in [-0.4, -0.2) is 26.7 Å². The van der Waals surface area contributed by atoms with E-state index in [4.69, 9.17) is 5.73 Å². The minimum absolute atomic E-state index is 0.0644. The molecular weight excluding hydrogens is 206 g/mol. The SMILES string of the molecule is CCC(NC(=O)Cn1cnc(N)n1)C(C)C. The number of nitrogen functional groups attached to an aromatic ring is 1. The summed E-state index contributed by atoms with van der Waals surface area (Å²) < 4.78 is 1.43. The Bertz CT molecular complexity index is 347. The molecule has 0 radical (unpaired) electrons. The lowest BCUT2D eigenvalue weighted by atomic mass is 10.0. The van der Waals surface area contributed by atoms with Crippen LogP contribution in [0, 0.1) is 5.92 Å². The van der Waals surface area contributed by atoms with Crippen molar-refractivity contribution in [1.82, 2.24) is 20.1 Å². The number of carbonyl (C=O) groups excluding carboxylic acids is 1. The van der Waals surface area contributed by atoms with Gasteiger partial charge in [0.05, 0.1) is 0 Å². The maximum Gasteiger partial charge on any atom is 0.242 e. The summed E-state index contributed by atoms with van der Waals surface area (Å²) in [5, 5.41) is 6.81. The zero-order chi connectivity index (χ0) is 12.1. The van der Waals surface area contributed by atoms with Crippen LogP contribution in [0.2, 0.25) is 0 Å². The maximum absolute atomic E-state index is 11.7. The second kappa shape index (κ2) is 5.48. The first-order valence-corrected chi connectivity index (χ1v) is 5.47. The predicted octanol–water partition coefficient (Wildman–Crippen LogP) is 0.411. The van der Waals surface area contributed by atoms with Gasteiger partial charge in [0.25, 0.3) is 0 Å². The molecule has 0 aromatic carbocycles. The second-order valence-electron chi connectivity index (χ2n) is 4.13. The standard InChI is InChI=1S/C10H19N5O/c1-4-8(7(2)3)13-9(16)5-15-6-12-10(11)14-15/h6-8H,4-5H2,1-3H3,(H2,11,14)(H,13,16). The molecule has 1 amide bonds. The first-order valence-electron chi connectivity index (χ1n) is 5.47. The van der Waals surface area contributed by atoms with E-state index in [1.165, 1.54) is 11.0 Å². The highest BCUT2D eigenvalue weighted by Gasteiger charge is 2.14. The van der Waals surface area contributed by atoms with Gasteiger partial charge in [-0.25, -0.2) is 9.67 Å². The van der Waals surface area contributed by atoms with Gasteiger partial charge < -0.3 is 11.1 Å². The van der Waals surface area contributed by atoms with Crippen molar-refractivity contribution in [3.05, 3.63) is 6.33 Å². The third kappa shape index (κ3) is 3.52. The Morgan fingerprint density at radius 2 is 2.31 bits per heavy atom. The van der Waals surface area contributed by atoms with Crippen LogP contribution in [0.25, 0.3) is 0 Å². The number of hydrogen-bond acceptors (Lipinski definition) is 4. The molecule has 0 spiro atoms. The molecule has 3 N–H and O–H groups in total. The Balaban J connectivity index is 2.47. The van der Waals surface area contributed by atoms with Gasteiger partial charge in [-0.3, -0.25) is 4.79 Å². The molecule has 1 heterocycles. The molecule has 0 saturated heterocycles. The average Bonchev–Trinajstić information content (AvgIpc) is 2.60. The Kier molecular flexibility index (Phi) is 4.28. The first-order chi connectivity index (χ1) is 7.52. The first kappa shape index (κ1) is 12.5. The third-order valence-electron chi connectivity index (χ3n) is 2.45. The zero-order valence-corrected chi connectivity index (χ0v) is 9.97. The topological polar surface area (TPSA) is 85.8 Å². The molecule has 1 unspecified atom stereocenters. The lowest BCUT2D eigenvalue weighted by Crippen LogP contribution is -2.39. The fourth-order valence-corrected chi connectivity index (χ4v) is 1.52. The van der Waals surface area contributed by atoms with Gasteiger partial charge in [0, 0.05) is 6.04 Å². The van der Waals surface area contributed by atoms with Crippen LogP contribution >= 0.6 is 0 Å². The number of nitrogens with two attached hydrogens (primary N) is 1. The Morgan fingerprint density at radius 3 is 2.75 bits per heavy atom. The summed E-state index contributed by atoms with van der Waals surface area (Å²) in [7, 11) is 0. The number of nitrogens with one attached hydrogen (secondary N) is 1. The van der Waals surface area contributed by atoms with Crippen molar-refractivity contribution in [3.63, 3.8) is 0 Å². The van der Waals surface area contributed by atoms with Crippen LogP contribution in [0.15, 0.2) is 6.33 Å². The van der Waals surface area contributed by atoms with E-state index in [1.807, 2.05) is 0 Å². The van der Waals surface area contributed by atoms with E-state index in [1.54, 1.807) is 0 Å². The van der Waals surface area contributed by atoms with Crippen LogP contribution in [0.4, 0.5) is 5.95 Å². The number of nitrogens with zero attached hydrogens (tertiary/aromatic N) is 3. The Morgan fingerprint density at radius 1 is 1.62 bits per heavy atom. The van der Waals surface area contributed by atoms with Gasteiger partial charge in [-0.05, 0) is 12.3 Å². The van der Waals surface area contributed by atoms with Crippen molar-refractivity contribution in [3.8, 4) is 0 Å². The maximum atomic E-state index is 11.7. The Hall–Kier alpha value is -1.59. The summed E-state index contributed by atoms with van der Waals surface area (Å²) in [5.41, 5.74) is 5.36. The third-order valence-corrected chi connectivity index (χ3v) is 2.45. The van der Waals surface area contributed by atoms with Crippen LogP contribution in [0.3, 0.4) is 0 Å². The van der Waals surface area contributed by atoms with E-state index in [9.17, 15) is 4.79 Å². The molecule has 0 saturated carbocycles. The number of anilines is 1. The van der Waals surface area contributed by atoms with E-state index >= 15 is 0 Å². The highest BCUT2D eigenvalue weighted by atomic mass is 16.2. The van der Waals surface area contributed by atoms with Crippen molar-refractivity contribution < 1.29 is 4.79 Å². The molecule has 6 nitrogen and oxygen atoms in total. The van der Waals surface area contributed by atoms with Crippen molar-refractivity contribution in [2.75, 3.05) is 5.73 Å². The van der Waals surface area contributed by atoms with E-state index in [-0.39, 0.29) is 24.4 Å². The lowest BCUT2D eigenvalue weighted by Gasteiger charge is -2.20. The molecule has 0 aliphatic carbocycles. The van der Waals surface area contributed by atoms with Gasteiger partial charge in [0.2, 0.25) is 11.9 Å². The van der Waals surface area contributed by atoms with Crippen molar-refractivity contribution in [2.45, 2.75) is 39.8 Å². The van der Waals surface area contributed by atoms with Gasteiger partial charge in [-0.2, -0.15) is 0 Å². The predicted molar refractivity (Wildman–Crippen MR) is 61.5 cm³/mol. The normalized spacial score (nSPS) is 12.8. The van der Waals surface area contributed by atoms with Crippen LogP contribution in [0.1, 0.15) is 27.2 Å². The molecule has 90 valence electrons. The quantitative estimate of drug-likeness (QED) is 0.760. The van der Waals surface area contributed by atoms with Gasteiger partial charge >= 0.3 is 0 Å². The number of hydrogen-bond donors (Lipinski definition) is 2. The zero-order valence-electron chi connectivity index (χ0n) is 9.97. The van der Waals surface area contributed by atoms with E-state index < -0.39 is 0 Å². The molecule has 1 aromatic rings. The van der Waals surface area contributed by atoms with E-state index in [0.29, 0.717) is 5.92 Å². The van der Waals surface area contributed by atoms with Gasteiger partial charge in [0.15, 0.2) is 0 Å². The molecule has 0 aliphatic rings. The van der Waals surface area contributed by atoms with E-state index in [0.717, 1.165) is 6.42 Å². The largest absolute Gasteiger partial charge is 0.367 e. The number of aromatic nitrogens is 3. The van der Waals surface area contributed by atoms with E-state index in [2.05, 4.69) is 36.2 Å². The molecule has 0 bridgehead atoms. The highest BCUT2D eigenvalue weighted by molar-refractivity contribution is 5.75. The van der Waals surface area contributed by atoms with Gasteiger partial charge in [-0.1, -0.05) is 20.8 Å². The highest BCUT2D eigenvalue weighted by Crippen LogP contribution is 2.05. The van der Waals surface area contributed by atoms with Crippen LogP contribution < -0.4 is 11.1 Å². The molecule has 0 aliphatic heterocycles. The van der Waals surface area contributed by atoms with Gasteiger partial charge in [0.1, 0.15) is 12.9 Å². The summed E-state index contributed by atoms with van der Waals surface area (Å²) >= 11 is 0. The van der Waals surface area contributed by atoms with Crippen molar-refractivity contribution in [1.29, 1.82) is 0 Å². The fourth-order valence-electron chi connectivity index (χ4n) is 1.52. The molecular formula is C10H19N5O. The monoisotopic (exact) mass is 225 g/mol. The molecule has 1 atom stereocenters. The number of rotatable bonds is 5. The van der Waals surface area contributed by atoms with Gasteiger partial charge in [-0.15, -0.1) is 5.10 Å². The lowest BCUT2D eigenvalue weighted by molar-refractivity contribution is -0.122. The fraction of sp³-hybridized carbons (Fsp3) is 0.700. The molecule has 0 fully saturated rings. The summed E-state index contributed by atoms with van der Waals surface area (Å²) in [6.07, 6.45) is 2.37. The summed E-state index contributed by atoms with van der Waals surface area (Å²) in [6.45, 7) is 6.38. The number of amides is 1. The van der Waals surface area contributed by atoms with Crippen LogP contribution in [-0.2, 0) is 11.3 Å². The summed E-state index contributed by atoms with van der Waals surface area (Å²) in [4.78, 5) is 15.4. The molecule has 1 rings (SSSR count). The average molecular weight is 225 g/mol. The summed E-state index contributed by atoms with van der Waals surface area (Å²) in [5.74, 6) is 0.545. The van der Waals surface area contributed by atoms with Crippen molar-refractivity contribution >= 4 is 11.9 Å². The van der Waals surface area contributed by atoms with Crippen LogP contribution in [0.5, 0.6) is 0 Å².